The Morgan fingerprint density at radius 3 is 2.00 bits per heavy atom. The summed E-state index contributed by atoms with van der Waals surface area (Å²) in [6, 6.07) is 29.7. The average Bonchev–Trinajstić information content (AvgIpc) is 2.93. The first-order chi connectivity index (χ1) is 17.5. The number of rotatable bonds is 11. The fourth-order valence-corrected chi connectivity index (χ4v) is 4.00. The lowest BCUT2D eigenvalue weighted by molar-refractivity contribution is 0.0936. The highest BCUT2D eigenvalue weighted by Crippen LogP contribution is 2.29. The van der Waals surface area contributed by atoms with Crippen LogP contribution in [0.2, 0.25) is 0 Å². The second-order valence-electron chi connectivity index (χ2n) is 8.46. The highest BCUT2D eigenvalue weighted by molar-refractivity contribution is 6.02. The first-order valence-electron chi connectivity index (χ1n) is 11.8. The van der Waals surface area contributed by atoms with Crippen LogP contribution < -0.4 is 9.47 Å². The zero-order valence-corrected chi connectivity index (χ0v) is 20.0. The van der Waals surface area contributed by atoms with Crippen molar-refractivity contribution in [3.05, 3.63) is 131 Å². The second kappa shape index (κ2) is 11.9. The van der Waals surface area contributed by atoms with Gasteiger partial charge in [0.2, 0.25) is 0 Å². The minimum Gasteiger partial charge on any atom is -0.497 e. The fourth-order valence-electron chi connectivity index (χ4n) is 4.00. The summed E-state index contributed by atoms with van der Waals surface area (Å²) in [7, 11) is 1.58. The number of ketones is 2. The van der Waals surface area contributed by atoms with Crippen molar-refractivity contribution in [3.63, 3.8) is 0 Å². The summed E-state index contributed by atoms with van der Waals surface area (Å²) in [5.41, 5.74) is 2.83. The van der Waals surface area contributed by atoms with Crippen molar-refractivity contribution in [1.29, 1.82) is 0 Å². The molecule has 0 fully saturated rings. The Labute approximate surface area is 210 Å². The molecule has 0 aromatic heterocycles. The number of carbonyl (C=O) groups excluding carboxylic acids is 2. The molecule has 4 aromatic rings. The highest BCUT2D eigenvalue weighted by Gasteiger charge is 2.23. The van der Waals surface area contributed by atoms with Gasteiger partial charge in [0.1, 0.15) is 23.9 Å². The van der Waals surface area contributed by atoms with Gasteiger partial charge in [-0.15, -0.1) is 0 Å². The lowest BCUT2D eigenvalue weighted by Crippen LogP contribution is -2.15. The number of benzene rings is 4. The van der Waals surface area contributed by atoms with E-state index in [-0.39, 0.29) is 18.0 Å². The number of halogens is 1. The van der Waals surface area contributed by atoms with Crippen molar-refractivity contribution in [3.8, 4) is 11.5 Å². The van der Waals surface area contributed by atoms with Crippen molar-refractivity contribution < 1.29 is 23.5 Å². The van der Waals surface area contributed by atoms with Crippen LogP contribution in [0.15, 0.2) is 103 Å². The smallest absolute Gasteiger partial charge is 0.170 e. The molecular weight excluding hydrogens is 455 g/mol. The lowest BCUT2D eigenvalue weighted by Gasteiger charge is -2.17. The average molecular weight is 483 g/mol. The van der Waals surface area contributed by atoms with E-state index in [0.29, 0.717) is 35.7 Å². The van der Waals surface area contributed by atoms with Gasteiger partial charge in [0.05, 0.1) is 7.11 Å². The van der Waals surface area contributed by atoms with E-state index in [4.69, 9.17) is 9.47 Å². The Bertz CT molecular complexity index is 1280. The predicted molar refractivity (Wildman–Crippen MR) is 137 cm³/mol. The summed E-state index contributed by atoms with van der Waals surface area (Å²) in [6.07, 6.45) is 0.486. The van der Waals surface area contributed by atoms with Crippen molar-refractivity contribution in [2.75, 3.05) is 7.11 Å². The molecule has 0 heterocycles. The van der Waals surface area contributed by atoms with Gasteiger partial charge in [-0.25, -0.2) is 4.39 Å². The monoisotopic (exact) mass is 482 g/mol. The number of ether oxygens (including phenoxy) is 2. The molecule has 4 nitrogen and oxygen atoms in total. The van der Waals surface area contributed by atoms with Gasteiger partial charge < -0.3 is 9.47 Å². The van der Waals surface area contributed by atoms with Gasteiger partial charge in [-0.2, -0.15) is 0 Å². The number of Topliss-reactive ketones (excluding diaryl/α,β-unsaturated/α-hetero) is 2. The Kier molecular flexibility index (Phi) is 8.24. The molecule has 5 heteroatoms. The number of methoxy groups -OCH3 is 1. The van der Waals surface area contributed by atoms with E-state index in [0.717, 1.165) is 11.1 Å². The first-order valence-corrected chi connectivity index (χ1v) is 11.8. The van der Waals surface area contributed by atoms with E-state index < -0.39 is 11.7 Å². The van der Waals surface area contributed by atoms with Crippen molar-refractivity contribution in [2.24, 2.45) is 0 Å². The van der Waals surface area contributed by atoms with Crippen LogP contribution in [0.4, 0.5) is 4.39 Å². The molecule has 36 heavy (non-hydrogen) atoms. The van der Waals surface area contributed by atoms with Gasteiger partial charge in [-0.05, 0) is 78.2 Å². The number of hydrogen-bond donors (Lipinski definition) is 0. The van der Waals surface area contributed by atoms with E-state index in [1.165, 1.54) is 24.3 Å². The number of carbonyl (C=O) groups is 2. The van der Waals surface area contributed by atoms with Crippen LogP contribution in [-0.2, 0) is 6.61 Å². The normalized spacial score (nSPS) is 11.5. The molecule has 4 rings (SSSR count). The van der Waals surface area contributed by atoms with Crippen LogP contribution >= 0.6 is 0 Å². The fraction of sp³-hybridized carbons (Fsp3) is 0.161. The Morgan fingerprint density at radius 1 is 0.750 bits per heavy atom. The molecule has 182 valence electrons. The third kappa shape index (κ3) is 6.45. The number of hydrogen-bond acceptors (Lipinski definition) is 4. The summed E-state index contributed by atoms with van der Waals surface area (Å²) >= 11 is 0. The maximum Gasteiger partial charge on any atom is 0.170 e. The van der Waals surface area contributed by atoms with Crippen LogP contribution in [-0.4, -0.2) is 18.7 Å². The predicted octanol–water partition coefficient (Wildman–Crippen LogP) is 7.04. The third-order valence-corrected chi connectivity index (χ3v) is 6.05. The van der Waals surface area contributed by atoms with Crippen molar-refractivity contribution >= 4 is 11.6 Å². The maximum absolute atomic E-state index is 13.6. The molecule has 0 radical (unpaired) electrons. The molecule has 1 unspecified atom stereocenters. The molecule has 0 aliphatic carbocycles. The van der Waals surface area contributed by atoms with Gasteiger partial charge >= 0.3 is 0 Å². The van der Waals surface area contributed by atoms with Crippen LogP contribution in [0.25, 0.3) is 0 Å². The van der Waals surface area contributed by atoms with E-state index in [9.17, 15) is 14.0 Å². The molecular formula is C31H27FO4. The Hall–Kier alpha value is -4.25. The molecule has 0 N–H and O–H groups in total. The van der Waals surface area contributed by atoms with Crippen LogP contribution in [0.5, 0.6) is 11.5 Å². The third-order valence-electron chi connectivity index (χ3n) is 6.05. The summed E-state index contributed by atoms with van der Waals surface area (Å²) in [4.78, 5) is 26.3. The molecule has 0 bridgehead atoms. The maximum atomic E-state index is 13.6. The zero-order valence-electron chi connectivity index (χ0n) is 20.0. The minimum absolute atomic E-state index is 0.0818. The zero-order chi connectivity index (χ0) is 25.3. The summed E-state index contributed by atoms with van der Waals surface area (Å²) < 4.78 is 24.3. The standard InChI is InChI=1S/C31H27FO4/c1-35-27-15-9-23(10-16-27)29(19-20-30(33)24-7-13-26(32)14-8-24)31(34)25-11-17-28(18-12-25)36-21-22-5-3-2-4-6-22/h2-18,29H,19-21H2,1H3. The van der Waals surface area contributed by atoms with E-state index in [1.54, 1.807) is 43.5 Å². The Balaban J connectivity index is 1.49. The minimum atomic E-state index is -0.517. The van der Waals surface area contributed by atoms with Gasteiger partial charge in [-0.1, -0.05) is 42.5 Å². The van der Waals surface area contributed by atoms with E-state index in [1.807, 2.05) is 42.5 Å². The molecule has 1 atom stereocenters. The molecule has 0 aliphatic heterocycles. The molecule has 0 saturated heterocycles. The molecule has 0 saturated carbocycles. The first kappa shape index (κ1) is 24.9. The van der Waals surface area contributed by atoms with Crippen molar-refractivity contribution in [1.82, 2.24) is 0 Å². The molecule has 0 spiro atoms. The van der Waals surface area contributed by atoms with E-state index >= 15 is 0 Å². The Morgan fingerprint density at radius 2 is 1.36 bits per heavy atom. The van der Waals surface area contributed by atoms with Gasteiger partial charge in [0.15, 0.2) is 11.6 Å². The van der Waals surface area contributed by atoms with Gasteiger partial charge in [0, 0.05) is 23.5 Å². The largest absolute Gasteiger partial charge is 0.497 e. The highest BCUT2D eigenvalue weighted by atomic mass is 19.1. The lowest BCUT2D eigenvalue weighted by atomic mass is 9.86. The molecule has 0 aliphatic rings. The van der Waals surface area contributed by atoms with Gasteiger partial charge in [-0.3, -0.25) is 9.59 Å². The van der Waals surface area contributed by atoms with Crippen molar-refractivity contribution in [2.45, 2.75) is 25.4 Å². The van der Waals surface area contributed by atoms with Crippen LogP contribution in [0, 0.1) is 5.82 Å². The topological polar surface area (TPSA) is 52.6 Å². The van der Waals surface area contributed by atoms with E-state index in [2.05, 4.69) is 0 Å². The quantitative estimate of drug-likeness (QED) is 0.215. The summed E-state index contributed by atoms with van der Waals surface area (Å²) in [6.45, 7) is 0.439. The second-order valence-corrected chi connectivity index (χ2v) is 8.46. The SMILES string of the molecule is COc1ccc(C(CCC(=O)c2ccc(F)cc2)C(=O)c2ccc(OCc3ccccc3)cc2)cc1. The summed E-state index contributed by atoms with van der Waals surface area (Å²) in [5, 5.41) is 0. The molecule has 0 amide bonds. The van der Waals surface area contributed by atoms with Crippen LogP contribution in [0.1, 0.15) is 50.6 Å². The van der Waals surface area contributed by atoms with Gasteiger partial charge in [0.25, 0.3) is 0 Å². The molecule has 4 aromatic carbocycles. The summed E-state index contributed by atoms with van der Waals surface area (Å²) in [5.74, 6) is 0.230. The van der Waals surface area contributed by atoms with Crippen LogP contribution in [0.3, 0.4) is 0 Å².